The van der Waals surface area contributed by atoms with Crippen molar-refractivity contribution in [3.63, 3.8) is 0 Å². The minimum absolute atomic E-state index is 0.113. The van der Waals surface area contributed by atoms with E-state index in [0.29, 0.717) is 0 Å². The number of nitro benzene ring substituents is 1. The normalized spacial score (nSPS) is 18.4. The molecule has 1 amide bonds. The largest absolute Gasteiger partial charge is 0.460 e. The number of cyclic esters (lactones) is 1. The molecule has 0 atom stereocenters. The number of ether oxygens (including phenoxy) is 1. The molecule has 1 aliphatic rings. The van der Waals surface area contributed by atoms with Gasteiger partial charge in [0.05, 0.1) is 10.3 Å². The molecule has 1 aromatic carbocycles. The summed E-state index contributed by atoms with van der Waals surface area (Å²) < 4.78 is 4.86. The van der Waals surface area contributed by atoms with Crippen LogP contribution in [0.1, 0.15) is 24.2 Å². The highest BCUT2D eigenvalue weighted by Crippen LogP contribution is 2.25. The number of nitro groups is 1. The van der Waals surface area contributed by atoms with E-state index in [4.69, 9.17) is 4.74 Å². The summed E-state index contributed by atoms with van der Waals surface area (Å²) >= 11 is 0. The van der Waals surface area contributed by atoms with E-state index in [9.17, 15) is 19.7 Å². The van der Waals surface area contributed by atoms with Crippen LogP contribution in [0.25, 0.3) is 0 Å². The van der Waals surface area contributed by atoms with E-state index in [0.717, 1.165) is 0 Å². The molecule has 0 aliphatic carbocycles. The molecule has 1 N–H and O–H groups in total. The first-order chi connectivity index (χ1) is 9.81. The molecule has 1 aromatic rings. The lowest BCUT2D eigenvalue weighted by molar-refractivity contribution is -0.384. The number of nitrogens with one attached hydrogen (secondary N) is 1. The molecule has 1 fully saturated rings. The number of carbonyl (C=O) groups is 2. The first-order valence-electron chi connectivity index (χ1n) is 6.11. The second-order valence-electron chi connectivity index (χ2n) is 5.17. The number of carbonyl (C=O) groups excluding carboxylic acids is 2. The van der Waals surface area contributed by atoms with E-state index < -0.39 is 22.2 Å². The number of non-ortho nitro benzene ring substituents is 1. The summed E-state index contributed by atoms with van der Waals surface area (Å²) in [5.74, 6) is -1.13. The third-order valence-corrected chi connectivity index (χ3v) is 3.01. The van der Waals surface area contributed by atoms with Gasteiger partial charge >= 0.3 is 5.97 Å². The maximum absolute atomic E-state index is 11.9. The highest BCUT2D eigenvalue weighted by molar-refractivity contribution is 6.40. The molecule has 1 heterocycles. The first kappa shape index (κ1) is 14.6. The Morgan fingerprint density at radius 1 is 1.38 bits per heavy atom. The molecule has 8 nitrogen and oxygen atoms in total. The number of benzene rings is 1. The summed E-state index contributed by atoms with van der Waals surface area (Å²) in [6.07, 6.45) is 0. The summed E-state index contributed by atoms with van der Waals surface area (Å²) in [5, 5.41) is 14.3. The molecule has 0 spiro atoms. The predicted octanol–water partition coefficient (Wildman–Crippen LogP) is 1.26. The Hall–Kier alpha value is -2.77. The highest BCUT2D eigenvalue weighted by Gasteiger charge is 2.40. The van der Waals surface area contributed by atoms with Crippen LogP contribution in [0.2, 0.25) is 0 Å². The zero-order valence-electron chi connectivity index (χ0n) is 11.5. The van der Waals surface area contributed by atoms with Crippen LogP contribution >= 0.6 is 0 Å². The van der Waals surface area contributed by atoms with Crippen LogP contribution in [-0.2, 0) is 9.53 Å². The number of rotatable bonds is 3. The SMILES string of the molecule is CC1(C)COC(=O)/C1=N\NC(=O)c1ccc([N+](=O)[O-])cc1. The topological polar surface area (TPSA) is 111 Å². The van der Waals surface area contributed by atoms with Crippen LogP contribution in [0.3, 0.4) is 0 Å². The predicted molar refractivity (Wildman–Crippen MR) is 72.7 cm³/mol. The van der Waals surface area contributed by atoms with E-state index in [2.05, 4.69) is 10.5 Å². The average Bonchev–Trinajstić information content (AvgIpc) is 2.70. The van der Waals surface area contributed by atoms with Crippen molar-refractivity contribution in [3.05, 3.63) is 39.9 Å². The lowest BCUT2D eigenvalue weighted by Crippen LogP contribution is -2.29. The van der Waals surface area contributed by atoms with Gasteiger partial charge in [0, 0.05) is 17.7 Å². The number of hydrazone groups is 1. The third kappa shape index (κ3) is 3.04. The Morgan fingerprint density at radius 2 is 2.00 bits per heavy atom. The van der Waals surface area contributed by atoms with Crippen molar-refractivity contribution in [3.8, 4) is 0 Å². The van der Waals surface area contributed by atoms with Gasteiger partial charge in [0.15, 0.2) is 5.71 Å². The molecule has 8 heteroatoms. The van der Waals surface area contributed by atoms with Gasteiger partial charge in [0.25, 0.3) is 11.6 Å². The number of nitrogens with zero attached hydrogens (tertiary/aromatic N) is 2. The lowest BCUT2D eigenvalue weighted by atomic mass is 9.91. The molecule has 1 aliphatic heterocycles. The second-order valence-corrected chi connectivity index (χ2v) is 5.17. The van der Waals surface area contributed by atoms with E-state index >= 15 is 0 Å². The summed E-state index contributed by atoms with van der Waals surface area (Å²) in [6, 6.07) is 5.06. The third-order valence-electron chi connectivity index (χ3n) is 3.01. The standard InChI is InChI=1S/C13H13N3O5/c1-13(2)7-21-12(18)10(13)14-15-11(17)8-3-5-9(6-4-8)16(19)20/h3-6H,7H2,1-2H3,(H,15,17)/b14-10+. The van der Waals surface area contributed by atoms with E-state index in [1.807, 2.05) is 0 Å². The molecule has 2 rings (SSSR count). The lowest BCUT2D eigenvalue weighted by Gasteiger charge is -2.12. The Kier molecular flexibility index (Phi) is 3.70. The van der Waals surface area contributed by atoms with Crippen molar-refractivity contribution >= 4 is 23.3 Å². The van der Waals surface area contributed by atoms with Crippen LogP contribution in [-0.4, -0.2) is 29.1 Å². The summed E-state index contributed by atoms with van der Waals surface area (Å²) in [7, 11) is 0. The van der Waals surface area contributed by atoms with Crippen LogP contribution in [0.15, 0.2) is 29.4 Å². The second kappa shape index (κ2) is 5.31. The molecule has 1 saturated heterocycles. The molecule has 0 saturated carbocycles. The Bertz CT molecular complexity index is 634. The molecular weight excluding hydrogens is 278 g/mol. The van der Waals surface area contributed by atoms with E-state index in [1.54, 1.807) is 13.8 Å². The van der Waals surface area contributed by atoms with Gasteiger partial charge in [-0.1, -0.05) is 13.8 Å². The van der Waals surface area contributed by atoms with Crippen LogP contribution < -0.4 is 5.43 Å². The summed E-state index contributed by atoms with van der Waals surface area (Å²) in [5.41, 5.74) is 1.91. The maximum atomic E-state index is 11.9. The van der Waals surface area contributed by atoms with Gasteiger partial charge < -0.3 is 4.74 Å². The van der Waals surface area contributed by atoms with Crippen LogP contribution in [0.4, 0.5) is 5.69 Å². The molecular formula is C13H13N3O5. The summed E-state index contributed by atoms with van der Waals surface area (Å²) in [4.78, 5) is 33.3. The Morgan fingerprint density at radius 3 is 2.48 bits per heavy atom. The van der Waals surface area contributed by atoms with E-state index in [1.165, 1.54) is 24.3 Å². The van der Waals surface area contributed by atoms with Crippen molar-refractivity contribution in [2.24, 2.45) is 10.5 Å². The zero-order chi connectivity index (χ0) is 15.6. The van der Waals surface area contributed by atoms with Crippen molar-refractivity contribution in [2.45, 2.75) is 13.8 Å². The van der Waals surface area contributed by atoms with Crippen molar-refractivity contribution < 1.29 is 19.2 Å². The molecule has 0 radical (unpaired) electrons. The van der Waals surface area contributed by atoms with E-state index in [-0.39, 0.29) is 23.6 Å². The van der Waals surface area contributed by atoms with Crippen molar-refractivity contribution in [2.75, 3.05) is 6.61 Å². The fourth-order valence-corrected chi connectivity index (χ4v) is 1.76. The quantitative estimate of drug-likeness (QED) is 0.512. The Labute approximate surface area is 119 Å². The first-order valence-corrected chi connectivity index (χ1v) is 6.11. The highest BCUT2D eigenvalue weighted by atomic mass is 16.6. The van der Waals surface area contributed by atoms with Gasteiger partial charge in [-0.15, -0.1) is 0 Å². The molecule has 0 bridgehead atoms. The van der Waals surface area contributed by atoms with Gasteiger partial charge in [-0.2, -0.15) is 5.10 Å². The fraction of sp³-hybridized carbons (Fsp3) is 0.308. The number of amides is 1. The van der Waals surface area contributed by atoms with Crippen LogP contribution in [0, 0.1) is 15.5 Å². The van der Waals surface area contributed by atoms with Gasteiger partial charge in [-0.3, -0.25) is 14.9 Å². The van der Waals surface area contributed by atoms with Gasteiger partial charge in [-0.25, -0.2) is 10.2 Å². The minimum Gasteiger partial charge on any atom is -0.460 e. The monoisotopic (exact) mass is 291 g/mol. The molecule has 0 unspecified atom stereocenters. The number of hydrogen-bond donors (Lipinski definition) is 1. The average molecular weight is 291 g/mol. The maximum Gasteiger partial charge on any atom is 0.355 e. The number of esters is 1. The zero-order valence-corrected chi connectivity index (χ0v) is 11.5. The molecule has 0 aromatic heterocycles. The fourth-order valence-electron chi connectivity index (χ4n) is 1.76. The smallest absolute Gasteiger partial charge is 0.355 e. The minimum atomic E-state index is -0.570. The van der Waals surface area contributed by atoms with Gasteiger partial charge in [0.2, 0.25) is 0 Å². The van der Waals surface area contributed by atoms with Crippen molar-refractivity contribution in [1.82, 2.24) is 5.43 Å². The molecule has 21 heavy (non-hydrogen) atoms. The van der Waals surface area contributed by atoms with Gasteiger partial charge in [0.1, 0.15) is 6.61 Å². The van der Waals surface area contributed by atoms with Crippen LogP contribution in [0.5, 0.6) is 0 Å². The van der Waals surface area contributed by atoms with Gasteiger partial charge in [-0.05, 0) is 12.1 Å². The summed E-state index contributed by atoms with van der Waals surface area (Å²) in [6.45, 7) is 3.75. The number of hydrogen-bond acceptors (Lipinski definition) is 6. The Balaban J connectivity index is 2.11. The van der Waals surface area contributed by atoms with Crippen molar-refractivity contribution in [1.29, 1.82) is 0 Å². The molecule has 110 valence electrons.